The summed E-state index contributed by atoms with van der Waals surface area (Å²) in [5.74, 6) is -0.132. The number of aromatic amines is 1. The molecule has 5 rings (SSSR count). The maximum Gasteiger partial charge on any atom is 0.250 e. The number of piperidine rings is 1. The molecule has 2 aliphatic heterocycles. The summed E-state index contributed by atoms with van der Waals surface area (Å²) in [5, 5.41) is 0.925. The van der Waals surface area contributed by atoms with Crippen molar-refractivity contribution < 1.29 is 18.0 Å². The highest BCUT2D eigenvalue weighted by atomic mass is 32.2. The third kappa shape index (κ3) is 5.13. The lowest BCUT2D eigenvalue weighted by atomic mass is 9.89. The van der Waals surface area contributed by atoms with Crippen LogP contribution in [0.3, 0.4) is 0 Å². The molecule has 0 spiro atoms. The van der Waals surface area contributed by atoms with Crippen molar-refractivity contribution in [1.29, 1.82) is 0 Å². The first-order chi connectivity index (χ1) is 17.4. The van der Waals surface area contributed by atoms with Crippen molar-refractivity contribution in [3.05, 3.63) is 46.5 Å². The Bertz CT molecular complexity index is 1360. The van der Waals surface area contributed by atoms with Crippen LogP contribution in [0.25, 0.3) is 21.3 Å². The summed E-state index contributed by atoms with van der Waals surface area (Å²) in [6.45, 7) is 4.02. The largest absolute Gasteiger partial charge is 0.366 e. The second-order valence-corrected chi connectivity index (χ2v) is 13.0. The van der Waals surface area contributed by atoms with Gasteiger partial charge < -0.3 is 15.6 Å². The smallest absolute Gasteiger partial charge is 0.250 e. The summed E-state index contributed by atoms with van der Waals surface area (Å²) >= 11 is 1.37. The van der Waals surface area contributed by atoms with Crippen molar-refractivity contribution in [3.8, 4) is 10.4 Å². The number of H-pyrrole nitrogens is 1. The van der Waals surface area contributed by atoms with Gasteiger partial charge in [0, 0.05) is 29.5 Å². The predicted octanol–water partition coefficient (Wildman–Crippen LogP) is 3.80. The molecule has 1 aromatic carbocycles. The summed E-state index contributed by atoms with van der Waals surface area (Å²) in [6, 6.07) is 7.44. The molecule has 0 atom stereocenters. The molecule has 0 aliphatic carbocycles. The van der Waals surface area contributed by atoms with Gasteiger partial charge in [0.05, 0.1) is 21.7 Å². The lowest BCUT2D eigenvalue weighted by molar-refractivity contribution is 0.100. The maximum atomic E-state index is 12.9. The van der Waals surface area contributed by atoms with Crippen LogP contribution in [0.5, 0.6) is 0 Å². The van der Waals surface area contributed by atoms with Gasteiger partial charge in [0.1, 0.15) is 0 Å². The molecule has 2 aliphatic rings. The van der Waals surface area contributed by atoms with E-state index in [1.807, 2.05) is 18.3 Å². The highest BCUT2D eigenvalue weighted by Crippen LogP contribution is 2.38. The van der Waals surface area contributed by atoms with Gasteiger partial charge in [-0.3, -0.25) is 9.59 Å². The second-order valence-electron chi connectivity index (χ2n) is 9.77. The number of likely N-dealkylation sites (tertiary alicyclic amines) is 1. The molecule has 192 valence electrons. The molecule has 36 heavy (non-hydrogen) atoms. The number of sulfonamides is 1. The zero-order valence-corrected chi connectivity index (χ0v) is 21.9. The van der Waals surface area contributed by atoms with E-state index < -0.39 is 15.9 Å². The van der Waals surface area contributed by atoms with Crippen LogP contribution in [0, 0.1) is 0 Å². The Kier molecular flexibility index (Phi) is 7.30. The van der Waals surface area contributed by atoms with Crippen molar-refractivity contribution in [1.82, 2.24) is 14.2 Å². The van der Waals surface area contributed by atoms with E-state index in [-0.39, 0.29) is 11.7 Å². The highest BCUT2D eigenvalue weighted by Gasteiger charge is 2.30. The number of amides is 1. The lowest BCUT2D eigenvalue weighted by Crippen LogP contribution is -2.39. The van der Waals surface area contributed by atoms with Gasteiger partial charge in [0.25, 0.3) is 5.91 Å². The van der Waals surface area contributed by atoms with Crippen molar-refractivity contribution in [3.63, 3.8) is 0 Å². The Balaban J connectivity index is 1.32. The number of benzene rings is 1. The van der Waals surface area contributed by atoms with E-state index >= 15 is 0 Å². The SMILES string of the molecule is NC(=O)c1cc(-c2ccc(C=O)s2)cc2c(C3CCN(S(=O)(=O)CCCN4CCCC4)CC3)c[nH]c12. The Morgan fingerprint density at radius 2 is 1.89 bits per heavy atom. The fourth-order valence-electron chi connectivity index (χ4n) is 5.55. The zero-order chi connectivity index (χ0) is 25.3. The van der Waals surface area contributed by atoms with E-state index in [2.05, 4.69) is 9.88 Å². The molecule has 2 fully saturated rings. The fraction of sp³-hybridized carbons (Fsp3) is 0.462. The molecule has 0 bridgehead atoms. The summed E-state index contributed by atoms with van der Waals surface area (Å²) in [6.07, 6.45) is 7.30. The molecule has 2 aromatic heterocycles. The Labute approximate surface area is 215 Å². The van der Waals surface area contributed by atoms with Crippen LogP contribution in [-0.4, -0.2) is 73.3 Å². The predicted molar refractivity (Wildman–Crippen MR) is 143 cm³/mol. The quantitative estimate of drug-likeness (QED) is 0.410. The number of aromatic nitrogens is 1. The van der Waals surface area contributed by atoms with Gasteiger partial charge >= 0.3 is 0 Å². The number of hydrogen-bond acceptors (Lipinski definition) is 6. The average molecular weight is 529 g/mol. The van der Waals surface area contributed by atoms with Crippen LogP contribution in [-0.2, 0) is 10.0 Å². The van der Waals surface area contributed by atoms with Crippen molar-refractivity contribution in [2.24, 2.45) is 5.73 Å². The van der Waals surface area contributed by atoms with Gasteiger partial charge in [-0.1, -0.05) is 0 Å². The van der Waals surface area contributed by atoms with E-state index in [9.17, 15) is 18.0 Å². The average Bonchev–Trinajstić information content (AvgIpc) is 3.64. The highest BCUT2D eigenvalue weighted by molar-refractivity contribution is 7.89. The summed E-state index contributed by atoms with van der Waals surface area (Å²) < 4.78 is 27.5. The molecule has 0 unspecified atom stereocenters. The van der Waals surface area contributed by atoms with Gasteiger partial charge in [-0.2, -0.15) is 0 Å². The molecule has 3 aromatic rings. The molecule has 10 heteroatoms. The number of primary amides is 1. The van der Waals surface area contributed by atoms with Gasteiger partial charge in [-0.05, 0) is 93.0 Å². The van der Waals surface area contributed by atoms with Crippen LogP contribution in [0.2, 0.25) is 0 Å². The number of carbonyl (C=O) groups is 2. The van der Waals surface area contributed by atoms with Gasteiger partial charge in [0.2, 0.25) is 10.0 Å². The number of rotatable bonds is 9. The number of nitrogens with one attached hydrogen (secondary N) is 1. The summed E-state index contributed by atoms with van der Waals surface area (Å²) in [7, 11) is -3.26. The molecular formula is C26H32N4O4S2. The molecule has 4 heterocycles. The first kappa shape index (κ1) is 25.1. The maximum absolute atomic E-state index is 12.9. The minimum atomic E-state index is -3.26. The minimum absolute atomic E-state index is 0.180. The summed E-state index contributed by atoms with van der Waals surface area (Å²) in [5.41, 5.74) is 8.73. The number of aldehydes is 1. The number of fused-ring (bicyclic) bond motifs is 1. The van der Waals surface area contributed by atoms with E-state index in [4.69, 9.17) is 5.73 Å². The summed E-state index contributed by atoms with van der Waals surface area (Å²) in [4.78, 5) is 30.5. The van der Waals surface area contributed by atoms with E-state index in [1.165, 1.54) is 24.2 Å². The molecule has 0 saturated carbocycles. The minimum Gasteiger partial charge on any atom is -0.366 e. The number of hydrogen-bond donors (Lipinski definition) is 2. The number of nitrogens with zero attached hydrogens (tertiary/aromatic N) is 2. The molecule has 0 radical (unpaired) electrons. The topological polar surface area (TPSA) is 117 Å². The van der Waals surface area contributed by atoms with Crippen molar-refractivity contribution in [2.45, 2.75) is 38.0 Å². The van der Waals surface area contributed by atoms with Crippen LogP contribution in [0.1, 0.15) is 63.6 Å². The van der Waals surface area contributed by atoms with E-state index in [0.717, 1.165) is 60.2 Å². The molecular weight excluding hydrogens is 496 g/mol. The molecule has 3 N–H and O–H groups in total. The van der Waals surface area contributed by atoms with Gasteiger partial charge in [0.15, 0.2) is 6.29 Å². The monoisotopic (exact) mass is 528 g/mol. The van der Waals surface area contributed by atoms with Crippen molar-refractivity contribution >= 4 is 44.5 Å². The number of thiophene rings is 1. The van der Waals surface area contributed by atoms with Crippen LogP contribution in [0.15, 0.2) is 30.5 Å². The Morgan fingerprint density at radius 3 is 2.56 bits per heavy atom. The van der Waals surface area contributed by atoms with Gasteiger partial charge in [-0.25, -0.2) is 12.7 Å². The normalized spacial score (nSPS) is 18.2. The fourth-order valence-corrected chi connectivity index (χ4v) is 7.88. The first-order valence-corrected chi connectivity index (χ1v) is 15.0. The van der Waals surface area contributed by atoms with Crippen LogP contribution >= 0.6 is 11.3 Å². The molecule has 8 nitrogen and oxygen atoms in total. The Morgan fingerprint density at radius 1 is 1.14 bits per heavy atom. The van der Waals surface area contributed by atoms with Gasteiger partial charge in [-0.15, -0.1) is 11.3 Å². The third-order valence-corrected chi connectivity index (χ3v) is 10.5. The molecule has 1 amide bonds. The number of nitrogens with two attached hydrogens (primary N) is 1. The number of carbonyl (C=O) groups excluding carboxylic acids is 2. The standard InChI is InChI=1S/C26H32N4O4S2/c27-26(32)22-15-19(24-5-4-20(17-31)35-24)14-21-23(16-28-25(21)22)18-6-11-30(12-7-18)36(33,34)13-3-10-29-8-1-2-9-29/h4-5,14-18,28H,1-3,6-13H2,(H2,27,32). The van der Waals surface area contributed by atoms with E-state index in [1.54, 1.807) is 16.4 Å². The lowest BCUT2D eigenvalue weighted by Gasteiger charge is -2.31. The second kappa shape index (κ2) is 10.5. The third-order valence-electron chi connectivity index (χ3n) is 7.48. The molecule has 2 saturated heterocycles. The van der Waals surface area contributed by atoms with Crippen molar-refractivity contribution in [2.75, 3.05) is 38.5 Å². The Hall–Kier alpha value is -2.53. The van der Waals surface area contributed by atoms with E-state index in [0.29, 0.717) is 35.5 Å². The van der Waals surface area contributed by atoms with Crippen LogP contribution in [0.4, 0.5) is 0 Å². The first-order valence-electron chi connectivity index (χ1n) is 12.6. The zero-order valence-electron chi connectivity index (χ0n) is 20.2. The van der Waals surface area contributed by atoms with Crippen LogP contribution < -0.4 is 5.73 Å².